The molecule has 6 nitrogen and oxygen atoms in total. The average molecular weight is 281 g/mol. The molecule has 0 aromatic rings. The number of carbonyl (C=O) groups excluding carboxylic acids is 2. The first-order valence-corrected chi connectivity index (χ1v) is 7.39. The van der Waals surface area contributed by atoms with Crippen LogP contribution in [0.5, 0.6) is 0 Å². The van der Waals surface area contributed by atoms with Gasteiger partial charge in [-0.1, -0.05) is 6.42 Å². The predicted octanol–water partition coefficient (Wildman–Crippen LogP) is -0.556. The summed E-state index contributed by atoms with van der Waals surface area (Å²) in [5.74, 6) is 0.540. The topological polar surface area (TPSA) is 61.9 Å². The van der Waals surface area contributed by atoms with Crippen molar-refractivity contribution in [3.8, 4) is 0 Å². The molecule has 0 aromatic carbocycles. The zero-order chi connectivity index (χ0) is 14.3. The molecule has 2 aliphatic heterocycles. The molecule has 1 saturated carbocycles. The van der Waals surface area contributed by atoms with Gasteiger partial charge in [-0.25, -0.2) is 0 Å². The Kier molecular flexibility index (Phi) is 3.46. The van der Waals surface area contributed by atoms with Crippen LogP contribution < -0.4 is 5.32 Å². The normalized spacial score (nSPS) is 29.7. The molecule has 0 aromatic heterocycles. The highest BCUT2D eigenvalue weighted by atomic mass is 16.5. The molecular formula is C14H23N3O3. The number of morpholine rings is 1. The highest BCUT2D eigenvalue weighted by Crippen LogP contribution is 2.35. The number of carbonyl (C=O) groups is 2. The van der Waals surface area contributed by atoms with Gasteiger partial charge in [-0.3, -0.25) is 14.5 Å². The average Bonchev–Trinajstić information content (AvgIpc) is 2.32. The molecule has 1 atom stereocenters. The number of amides is 2. The molecule has 2 heterocycles. The summed E-state index contributed by atoms with van der Waals surface area (Å²) in [6, 6.07) is -0.220. The second-order valence-corrected chi connectivity index (χ2v) is 6.36. The molecular weight excluding hydrogens is 258 g/mol. The van der Waals surface area contributed by atoms with E-state index in [9.17, 15) is 9.59 Å². The summed E-state index contributed by atoms with van der Waals surface area (Å²) in [5.41, 5.74) is -0.251. The Hall–Kier alpha value is -1.14. The summed E-state index contributed by atoms with van der Waals surface area (Å²) in [4.78, 5) is 27.8. The summed E-state index contributed by atoms with van der Waals surface area (Å²) in [6.07, 6.45) is 3.27. The van der Waals surface area contributed by atoms with Crippen molar-refractivity contribution in [2.75, 3.05) is 40.3 Å². The van der Waals surface area contributed by atoms with Gasteiger partial charge in [-0.05, 0) is 19.9 Å². The summed E-state index contributed by atoms with van der Waals surface area (Å²) in [7, 11) is 3.59. The lowest BCUT2D eigenvalue weighted by molar-refractivity contribution is -0.203. The zero-order valence-corrected chi connectivity index (χ0v) is 12.2. The first-order chi connectivity index (χ1) is 9.54. The van der Waals surface area contributed by atoms with Gasteiger partial charge in [0.2, 0.25) is 11.8 Å². The monoisotopic (exact) mass is 281 g/mol. The molecule has 2 amide bonds. The molecule has 6 heteroatoms. The SMILES string of the molecule is CNC(=O)[C@@H]1COC2(CN(C(=O)C3CCC3)C2)CN1C. The maximum Gasteiger partial charge on any atom is 0.239 e. The minimum Gasteiger partial charge on any atom is -0.368 e. The van der Waals surface area contributed by atoms with Crippen LogP contribution in [0.1, 0.15) is 19.3 Å². The van der Waals surface area contributed by atoms with Crippen molar-refractivity contribution < 1.29 is 14.3 Å². The third-order valence-corrected chi connectivity index (χ3v) is 4.89. The summed E-state index contributed by atoms with van der Waals surface area (Å²) in [6.45, 7) is 2.46. The Morgan fingerprint density at radius 3 is 2.45 bits per heavy atom. The second-order valence-electron chi connectivity index (χ2n) is 6.36. The molecule has 3 aliphatic rings. The Bertz CT molecular complexity index is 416. The van der Waals surface area contributed by atoms with E-state index < -0.39 is 0 Å². The van der Waals surface area contributed by atoms with Gasteiger partial charge in [0.15, 0.2) is 0 Å². The number of rotatable bonds is 2. The summed E-state index contributed by atoms with van der Waals surface area (Å²) in [5, 5.41) is 2.66. The van der Waals surface area contributed by atoms with Crippen molar-refractivity contribution in [2.24, 2.45) is 5.92 Å². The van der Waals surface area contributed by atoms with Crippen LogP contribution in [-0.4, -0.2) is 73.6 Å². The van der Waals surface area contributed by atoms with Crippen LogP contribution in [0.2, 0.25) is 0 Å². The Balaban J connectivity index is 1.53. The summed E-state index contributed by atoms with van der Waals surface area (Å²) >= 11 is 0. The second kappa shape index (κ2) is 5.00. The van der Waals surface area contributed by atoms with E-state index >= 15 is 0 Å². The van der Waals surface area contributed by atoms with Crippen molar-refractivity contribution in [3.63, 3.8) is 0 Å². The van der Waals surface area contributed by atoms with Crippen molar-refractivity contribution in [1.29, 1.82) is 0 Å². The smallest absolute Gasteiger partial charge is 0.239 e. The van der Waals surface area contributed by atoms with Crippen LogP contribution in [0.15, 0.2) is 0 Å². The van der Waals surface area contributed by atoms with E-state index in [1.807, 2.05) is 16.8 Å². The van der Waals surface area contributed by atoms with E-state index in [0.717, 1.165) is 12.8 Å². The Morgan fingerprint density at radius 1 is 1.25 bits per heavy atom. The molecule has 1 spiro atoms. The van der Waals surface area contributed by atoms with Crippen molar-refractivity contribution >= 4 is 11.8 Å². The number of hydrogen-bond acceptors (Lipinski definition) is 4. The maximum atomic E-state index is 12.1. The van der Waals surface area contributed by atoms with Gasteiger partial charge in [-0.15, -0.1) is 0 Å². The van der Waals surface area contributed by atoms with Crippen molar-refractivity contribution in [2.45, 2.75) is 30.9 Å². The lowest BCUT2D eigenvalue weighted by Crippen LogP contribution is -2.73. The van der Waals surface area contributed by atoms with Crippen molar-refractivity contribution in [1.82, 2.24) is 15.1 Å². The number of likely N-dealkylation sites (N-methyl/N-ethyl adjacent to an activating group) is 2. The Labute approximate surface area is 119 Å². The zero-order valence-electron chi connectivity index (χ0n) is 12.2. The lowest BCUT2D eigenvalue weighted by atomic mass is 9.81. The number of ether oxygens (including phenoxy) is 1. The first-order valence-electron chi connectivity index (χ1n) is 7.39. The molecule has 3 fully saturated rings. The van der Waals surface area contributed by atoms with Crippen LogP contribution in [0.3, 0.4) is 0 Å². The fourth-order valence-electron chi connectivity index (χ4n) is 3.35. The van der Waals surface area contributed by atoms with E-state index in [1.165, 1.54) is 6.42 Å². The largest absolute Gasteiger partial charge is 0.368 e. The minimum atomic E-state index is -0.251. The third kappa shape index (κ3) is 2.20. The highest BCUT2D eigenvalue weighted by molar-refractivity contribution is 5.82. The fraction of sp³-hybridized carbons (Fsp3) is 0.857. The summed E-state index contributed by atoms with van der Waals surface area (Å²) < 4.78 is 5.92. The molecule has 2 saturated heterocycles. The standard InChI is InChI=1S/C14H23N3O3/c1-15-12(18)11-6-20-14(7-16(11)2)8-17(9-14)13(19)10-4-3-5-10/h10-11H,3-9H2,1-2H3,(H,15,18)/t11-/m0/s1. The van der Waals surface area contributed by atoms with Gasteiger partial charge in [-0.2, -0.15) is 0 Å². The fourth-order valence-corrected chi connectivity index (χ4v) is 3.35. The van der Waals surface area contributed by atoms with Gasteiger partial charge in [0, 0.05) is 19.5 Å². The number of nitrogens with zero attached hydrogens (tertiary/aromatic N) is 2. The molecule has 20 heavy (non-hydrogen) atoms. The predicted molar refractivity (Wildman–Crippen MR) is 73.1 cm³/mol. The van der Waals surface area contributed by atoms with Gasteiger partial charge in [0.05, 0.1) is 19.7 Å². The van der Waals surface area contributed by atoms with Gasteiger partial charge < -0.3 is 15.0 Å². The Morgan fingerprint density at radius 2 is 1.95 bits per heavy atom. The van der Waals surface area contributed by atoms with E-state index in [2.05, 4.69) is 5.32 Å². The number of hydrogen-bond donors (Lipinski definition) is 1. The number of likely N-dealkylation sites (tertiary alicyclic amines) is 1. The molecule has 0 unspecified atom stereocenters. The van der Waals surface area contributed by atoms with Crippen LogP contribution in [0.25, 0.3) is 0 Å². The lowest BCUT2D eigenvalue weighted by Gasteiger charge is -2.55. The molecule has 1 N–H and O–H groups in total. The maximum absolute atomic E-state index is 12.1. The minimum absolute atomic E-state index is 0.0101. The number of nitrogens with one attached hydrogen (secondary N) is 1. The molecule has 3 rings (SSSR count). The quantitative estimate of drug-likeness (QED) is 0.737. The van der Waals surface area contributed by atoms with Crippen LogP contribution in [-0.2, 0) is 14.3 Å². The van der Waals surface area contributed by atoms with Gasteiger partial charge >= 0.3 is 0 Å². The van der Waals surface area contributed by atoms with E-state index in [1.54, 1.807) is 7.05 Å². The van der Waals surface area contributed by atoms with Crippen LogP contribution in [0, 0.1) is 5.92 Å². The third-order valence-electron chi connectivity index (χ3n) is 4.89. The van der Waals surface area contributed by atoms with Gasteiger partial charge in [0.1, 0.15) is 11.6 Å². The molecule has 0 bridgehead atoms. The van der Waals surface area contributed by atoms with Gasteiger partial charge in [0.25, 0.3) is 0 Å². The highest BCUT2D eigenvalue weighted by Gasteiger charge is 2.52. The van der Waals surface area contributed by atoms with Crippen molar-refractivity contribution in [3.05, 3.63) is 0 Å². The van der Waals surface area contributed by atoms with E-state index in [4.69, 9.17) is 4.74 Å². The molecule has 1 aliphatic carbocycles. The first kappa shape index (κ1) is 13.8. The molecule has 112 valence electrons. The van der Waals surface area contributed by atoms with Crippen LogP contribution >= 0.6 is 0 Å². The van der Waals surface area contributed by atoms with E-state index in [-0.39, 0.29) is 23.5 Å². The molecule has 0 radical (unpaired) electrons. The van der Waals surface area contributed by atoms with Crippen LogP contribution in [0.4, 0.5) is 0 Å². The van der Waals surface area contributed by atoms with E-state index in [0.29, 0.717) is 32.1 Å².